The molecule has 2 N–H and O–H groups in total. The normalized spacial score (nSPS) is 21.8. The second-order valence-electron chi connectivity index (χ2n) is 4.17. The van der Waals surface area contributed by atoms with Crippen molar-refractivity contribution in [3.63, 3.8) is 0 Å². The van der Waals surface area contributed by atoms with Gasteiger partial charge in [-0.05, 0) is 25.3 Å². The van der Waals surface area contributed by atoms with E-state index in [0.29, 0.717) is 19.1 Å². The number of likely N-dealkylation sites (tertiary alicyclic amines) is 1. The summed E-state index contributed by atoms with van der Waals surface area (Å²) >= 11 is 0. The summed E-state index contributed by atoms with van der Waals surface area (Å²) in [6.07, 6.45) is 2.58. The third kappa shape index (κ3) is 6.66. The first-order chi connectivity index (χ1) is 7.36. The molecule has 1 atom stereocenters. The first kappa shape index (κ1) is 16.1. The molecular weight excluding hydrogens is 228 g/mol. The fraction of sp³-hybridized carbons (Fsp3) is 1.00. The van der Waals surface area contributed by atoms with Crippen LogP contribution in [0.4, 0.5) is 0 Å². The molecule has 0 bridgehead atoms. The molecule has 0 saturated carbocycles. The summed E-state index contributed by atoms with van der Waals surface area (Å²) in [7, 11) is 1.78. The molecule has 16 heavy (non-hydrogen) atoms. The Kier molecular flexibility index (Phi) is 10.4. The third-order valence-electron chi connectivity index (χ3n) is 2.82. The van der Waals surface area contributed by atoms with Crippen molar-refractivity contribution in [3.8, 4) is 0 Å². The van der Waals surface area contributed by atoms with Crippen molar-refractivity contribution in [3.05, 3.63) is 0 Å². The molecule has 0 aromatic carbocycles. The van der Waals surface area contributed by atoms with Gasteiger partial charge < -0.3 is 20.1 Å². The van der Waals surface area contributed by atoms with E-state index in [1.54, 1.807) is 7.11 Å². The smallest absolute Gasteiger partial charge is 0.0594 e. The zero-order valence-electron chi connectivity index (χ0n) is 10.2. The van der Waals surface area contributed by atoms with Crippen molar-refractivity contribution in [2.45, 2.75) is 12.8 Å². The van der Waals surface area contributed by atoms with Gasteiger partial charge in [-0.1, -0.05) is 0 Å². The number of hydrogen-bond donors (Lipinski definition) is 1. The summed E-state index contributed by atoms with van der Waals surface area (Å²) in [5.74, 6) is 0.707. The largest absolute Gasteiger partial charge is 0.384 e. The molecule has 1 fully saturated rings. The highest BCUT2D eigenvalue weighted by Gasteiger charge is 2.18. The summed E-state index contributed by atoms with van der Waals surface area (Å²) in [5.41, 5.74) is 5.35. The molecule has 0 aromatic heterocycles. The van der Waals surface area contributed by atoms with Gasteiger partial charge in [0.05, 0.1) is 19.8 Å². The lowest BCUT2D eigenvalue weighted by Gasteiger charge is -2.32. The maximum absolute atomic E-state index is 5.38. The van der Waals surface area contributed by atoms with Crippen LogP contribution in [-0.2, 0) is 9.47 Å². The van der Waals surface area contributed by atoms with Crippen LogP contribution in [0.1, 0.15) is 12.8 Å². The lowest BCUT2D eigenvalue weighted by Crippen LogP contribution is -2.39. The summed E-state index contributed by atoms with van der Waals surface area (Å²) in [5, 5.41) is 0. The van der Waals surface area contributed by atoms with Crippen LogP contribution in [0.15, 0.2) is 0 Å². The third-order valence-corrected chi connectivity index (χ3v) is 2.82. The highest BCUT2D eigenvalue weighted by atomic mass is 35.5. The van der Waals surface area contributed by atoms with Crippen molar-refractivity contribution in [1.29, 1.82) is 0 Å². The number of nitrogens with two attached hydrogens (primary N) is 1. The van der Waals surface area contributed by atoms with Crippen molar-refractivity contribution in [1.82, 2.24) is 4.90 Å². The Morgan fingerprint density at radius 3 is 2.88 bits per heavy atom. The van der Waals surface area contributed by atoms with E-state index in [9.17, 15) is 0 Å². The molecule has 1 rings (SSSR count). The van der Waals surface area contributed by atoms with Crippen molar-refractivity contribution in [2.75, 3.05) is 53.1 Å². The molecule has 0 radical (unpaired) electrons. The molecule has 0 aliphatic carbocycles. The Hall–Kier alpha value is 0.130. The summed E-state index contributed by atoms with van der Waals surface area (Å²) in [4.78, 5) is 2.46. The van der Waals surface area contributed by atoms with E-state index >= 15 is 0 Å². The van der Waals surface area contributed by atoms with E-state index in [2.05, 4.69) is 4.90 Å². The number of piperidine rings is 1. The minimum Gasteiger partial charge on any atom is -0.384 e. The summed E-state index contributed by atoms with van der Waals surface area (Å²) < 4.78 is 10.6. The van der Waals surface area contributed by atoms with Gasteiger partial charge in [-0.25, -0.2) is 0 Å². The van der Waals surface area contributed by atoms with Crippen LogP contribution in [0.2, 0.25) is 0 Å². The molecule has 98 valence electrons. The zero-order valence-corrected chi connectivity index (χ0v) is 11.0. The number of methoxy groups -OCH3 is 1. The quantitative estimate of drug-likeness (QED) is 0.679. The molecular formula is C11H25ClN2O2. The monoisotopic (exact) mass is 252 g/mol. The first-order valence-electron chi connectivity index (χ1n) is 5.86. The van der Waals surface area contributed by atoms with Gasteiger partial charge in [0.2, 0.25) is 0 Å². The van der Waals surface area contributed by atoms with Gasteiger partial charge in [0, 0.05) is 26.7 Å². The topological polar surface area (TPSA) is 47.7 Å². The van der Waals surface area contributed by atoms with Crippen molar-refractivity contribution >= 4 is 12.4 Å². The second kappa shape index (κ2) is 10.3. The second-order valence-corrected chi connectivity index (χ2v) is 4.17. The molecule has 0 aromatic rings. The number of ether oxygens (including phenoxy) is 2. The van der Waals surface area contributed by atoms with Gasteiger partial charge in [0.1, 0.15) is 0 Å². The molecule has 5 heteroatoms. The maximum atomic E-state index is 5.38. The molecule has 1 aliphatic rings. The van der Waals surface area contributed by atoms with E-state index in [-0.39, 0.29) is 12.4 Å². The lowest BCUT2D eigenvalue weighted by molar-refractivity contribution is 0.0629. The van der Waals surface area contributed by atoms with Gasteiger partial charge in [-0.3, -0.25) is 0 Å². The average molecular weight is 253 g/mol. The van der Waals surface area contributed by atoms with Crippen LogP contribution in [0.3, 0.4) is 0 Å². The number of nitrogens with zero attached hydrogens (tertiary/aromatic N) is 1. The van der Waals surface area contributed by atoms with Crippen LogP contribution in [0, 0.1) is 5.92 Å². The number of rotatable bonds is 7. The van der Waals surface area contributed by atoms with Gasteiger partial charge in [-0.2, -0.15) is 0 Å². The molecule has 4 nitrogen and oxygen atoms in total. The van der Waals surface area contributed by atoms with E-state index in [1.807, 2.05) is 0 Å². The number of halogens is 1. The Labute approximate surface area is 105 Å². The fourth-order valence-corrected chi connectivity index (χ4v) is 2.11. The molecule has 0 spiro atoms. The van der Waals surface area contributed by atoms with Gasteiger partial charge in [-0.15, -0.1) is 12.4 Å². The molecule has 1 heterocycles. The summed E-state index contributed by atoms with van der Waals surface area (Å²) in [6, 6.07) is 0. The molecule has 0 amide bonds. The highest BCUT2D eigenvalue weighted by Crippen LogP contribution is 2.15. The van der Waals surface area contributed by atoms with Crippen LogP contribution in [0.5, 0.6) is 0 Å². The van der Waals surface area contributed by atoms with Gasteiger partial charge >= 0.3 is 0 Å². The standard InChI is InChI=1S/C11H24N2O2.ClH/c1-14-10-11-3-2-5-13(9-11)6-8-15-7-4-12;/h11H,2-10,12H2,1H3;1H. The summed E-state index contributed by atoms with van der Waals surface area (Å²) in [6.45, 7) is 6.37. The van der Waals surface area contributed by atoms with Crippen molar-refractivity contribution < 1.29 is 9.47 Å². The van der Waals surface area contributed by atoms with Gasteiger partial charge in [0.15, 0.2) is 0 Å². The maximum Gasteiger partial charge on any atom is 0.0594 e. The van der Waals surface area contributed by atoms with Crippen LogP contribution < -0.4 is 5.73 Å². The number of hydrogen-bond acceptors (Lipinski definition) is 4. The molecule has 1 aliphatic heterocycles. The van der Waals surface area contributed by atoms with Gasteiger partial charge in [0.25, 0.3) is 0 Å². The Morgan fingerprint density at radius 2 is 2.19 bits per heavy atom. The first-order valence-corrected chi connectivity index (χ1v) is 5.86. The SMILES string of the molecule is COCC1CCCN(CCOCCN)C1.Cl. The van der Waals surface area contributed by atoms with Crippen LogP contribution in [0.25, 0.3) is 0 Å². The van der Waals surface area contributed by atoms with E-state index in [4.69, 9.17) is 15.2 Å². The average Bonchev–Trinajstić information content (AvgIpc) is 2.26. The van der Waals surface area contributed by atoms with E-state index < -0.39 is 0 Å². The zero-order chi connectivity index (χ0) is 10.9. The Balaban J connectivity index is 0.00000225. The van der Waals surface area contributed by atoms with Crippen molar-refractivity contribution in [2.24, 2.45) is 11.7 Å². The minimum atomic E-state index is 0. The van der Waals surface area contributed by atoms with Crippen LogP contribution >= 0.6 is 12.4 Å². The minimum absolute atomic E-state index is 0. The van der Waals surface area contributed by atoms with E-state index in [0.717, 1.165) is 26.3 Å². The fourth-order valence-electron chi connectivity index (χ4n) is 2.11. The molecule has 1 saturated heterocycles. The van der Waals surface area contributed by atoms with E-state index in [1.165, 1.54) is 19.4 Å². The lowest BCUT2D eigenvalue weighted by atomic mass is 9.99. The highest BCUT2D eigenvalue weighted by molar-refractivity contribution is 5.85. The predicted molar refractivity (Wildman–Crippen MR) is 68.2 cm³/mol. The Morgan fingerprint density at radius 1 is 1.38 bits per heavy atom. The Bertz CT molecular complexity index is 159. The van der Waals surface area contributed by atoms with Crippen LogP contribution in [-0.4, -0.2) is 58.0 Å². The molecule has 1 unspecified atom stereocenters. The predicted octanol–water partition coefficient (Wildman–Crippen LogP) is 0.742.